The molecule has 0 radical (unpaired) electrons. The molecule has 0 aliphatic carbocycles. The van der Waals surface area contributed by atoms with Crippen LogP contribution in [0.15, 0.2) is 0 Å². The Morgan fingerprint density at radius 1 is 1.29 bits per heavy atom. The number of hydrogen-bond donors (Lipinski definition) is 2. The summed E-state index contributed by atoms with van der Waals surface area (Å²) in [5, 5.41) is 13.0. The summed E-state index contributed by atoms with van der Waals surface area (Å²) in [5.41, 5.74) is -1.14. The van der Waals surface area contributed by atoms with Crippen molar-refractivity contribution in [3.63, 3.8) is 0 Å². The summed E-state index contributed by atoms with van der Waals surface area (Å²) in [6, 6.07) is 0. The summed E-state index contributed by atoms with van der Waals surface area (Å²) in [5.74, 6) is -0.439. The molecule has 0 spiro atoms. The van der Waals surface area contributed by atoms with Crippen LogP contribution in [0.1, 0.15) is 26.2 Å². The third-order valence-corrected chi connectivity index (χ3v) is 4.31. The van der Waals surface area contributed by atoms with E-state index in [4.69, 9.17) is 0 Å². The van der Waals surface area contributed by atoms with Gasteiger partial charge in [0.2, 0.25) is 17.7 Å². The predicted molar refractivity (Wildman–Crippen MR) is 75.2 cm³/mol. The molecule has 2 N–H and O–H groups in total. The van der Waals surface area contributed by atoms with Gasteiger partial charge in [0.15, 0.2) is 0 Å². The van der Waals surface area contributed by atoms with E-state index < -0.39 is 5.60 Å². The first kappa shape index (κ1) is 15.8. The average molecular weight is 297 g/mol. The van der Waals surface area contributed by atoms with Crippen LogP contribution >= 0.6 is 0 Å². The van der Waals surface area contributed by atoms with E-state index in [1.807, 2.05) is 0 Å². The number of rotatable bonds is 3. The van der Waals surface area contributed by atoms with Crippen LogP contribution in [0.4, 0.5) is 0 Å². The Kier molecular flexibility index (Phi) is 4.51. The summed E-state index contributed by atoms with van der Waals surface area (Å²) in [6.07, 6.45) is 1.22. The molecule has 0 aromatic carbocycles. The topological polar surface area (TPSA) is 89.9 Å². The summed E-state index contributed by atoms with van der Waals surface area (Å²) < 4.78 is 0. The standard InChI is InChI=1S/C14H23N3O4/c1-10(18)17-7-11(8-17)13(20)16-5-3-4-14(21,9-16)6-12(19)15-2/h11,21H,3-9H2,1-2H3,(H,15,19). The molecule has 2 rings (SSSR count). The van der Waals surface area contributed by atoms with Gasteiger partial charge in [0, 0.05) is 40.2 Å². The highest BCUT2D eigenvalue weighted by Gasteiger charge is 2.41. The third kappa shape index (κ3) is 3.53. The Balaban J connectivity index is 1.90. The van der Waals surface area contributed by atoms with Crippen molar-refractivity contribution in [2.75, 3.05) is 33.2 Å². The van der Waals surface area contributed by atoms with Crippen molar-refractivity contribution in [2.45, 2.75) is 31.8 Å². The lowest BCUT2D eigenvalue weighted by Gasteiger charge is -2.44. The van der Waals surface area contributed by atoms with Gasteiger partial charge in [-0.25, -0.2) is 0 Å². The molecule has 0 bridgehead atoms. The minimum atomic E-state index is -1.14. The Hall–Kier alpha value is -1.63. The molecule has 21 heavy (non-hydrogen) atoms. The van der Waals surface area contributed by atoms with Crippen LogP contribution in [0.2, 0.25) is 0 Å². The first-order valence-electron chi connectivity index (χ1n) is 7.32. The lowest BCUT2D eigenvalue weighted by Crippen LogP contribution is -2.59. The minimum Gasteiger partial charge on any atom is -0.388 e. The van der Waals surface area contributed by atoms with Gasteiger partial charge in [-0.05, 0) is 12.8 Å². The molecule has 2 aliphatic rings. The number of β-amino-alcohol motifs (C(OH)–C–C–N with tert-alkyl or cyclic N) is 1. The normalized spacial score (nSPS) is 26.2. The molecule has 2 heterocycles. The molecule has 2 saturated heterocycles. The third-order valence-electron chi connectivity index (χ3n) is 4.31. The second kappa shape index (κ2) is 6.01. The summed E-state index contributed by atoms with van der Waals surface area (Å²) in [7, 11) is 1.53. The number of nitrogens with one attached hydrogen (secondary N) is 1. The molecule has 0 aromatic rings. The molecule has 2 fully saturated rings. The van der Waals surface area contributed by atoms with Crippen LogP contribution < -0.4 is 5.32 Å². The van der Waals surface area contributed by atoms with Crippen molar-refractivity contribution in [1.82, 2.24) is 15.1 Å². The van der Waals surface area contributed by atoms with Gasteiger partial charge in [0.25, 0.3) is 0 Å². The number of aliphatic hydroxyl groups is 1. The van der Waals surface area contributed by atoms with Gasteiger partial charge < -0.3 is 20.2 Å². The fourth-order valence-electron chi connectivity index (χ4n) is 2.98. The van der Waals surface area contributed by atoms with Crippen molar-refractivity contribution >= 4 is 17.7 Å². The Labute approximate surface area is 124 Å². The second-order valence-electron chi connectivity index (χ2n) is 6.06. The van der Waals surface area contributed by atoms with E-state index in [0.717, 1.165) is 0 Å². The van der Waals surface area contributed by atoms with E-state index in [2.05, 4.69) is 5.32 Å². The quantitative estimate of drug-likeness (QED) is 0.696. The van der Waals surface area contributed by atoms with Gasteiger partial charge in [-0.15, -0.1) is 0 Å². The van der Waals surface area contributed by atoms with Crippen molar-refractivity contribution in [3.05, 3.63) is 0 Å². The molecule has 3 amide bonds. The zero-order valence-corrected chi connectivity index (χ0v) is 12.6. The number of hydrogen-bond acceptors (Lipinski definition) is 4. The maximum Gasteiger partial charge on any atom is 0.229 e. The van der Waals surface area contributed by atoms with Gasteiger partial charge in [-0.3, -0.25) is 14.4 Å². The lowest BCUT2D eigenvalue weighted by molar-refractivity contribution is -0.154. The van der Waals surface area contributed by atoms with Gasteiger partial charge in [-0.2, -0.15) is 0 Å². The van der Waals surface area contributed by atoms with E-state index in [0.29, 0.717) is 32.5 Å². The second-order valence-corrected chi connectivity index (χ2v) is 6.06. The highest BCUT2D eigenvalue weighted by molar-refractivity contribution is 5.84. The molecule has 0 saturated carbocycles. The molecule has 7 heteroatoms. The van der Waals surface area contributed by atoms with Crippen molar-refractivity contribution in [2.24, 2.45) is 5.92 Å². The highest BCUT2D eigenvalue weighted by atomic mass is 16.3. The molecular formula is C14H23N3O4. The van der Waals surface area contributed by atoms with Crippen molar-refractivity contribution in [1.29, 1.82) is 0 Å². The SMILES string of the molecule is CNC(=O)CC1(O)CCCN(C(=O)C2CN(C(C)=O)C2)C1. The lowest BCUT2D eigenvalue weighted by atomic mass is 9.87. The Morgan fingerprint density at radius 2 is 1.95 bits per heavy atom. The number of piperidine rings is 1. The number of nitrogens with zero attached hydrogens (tertiary/aromatic N) is 2. The maximum atomic E-state index is 12.4. The van der Waals surface area contributed by atoms with Crippen molar-refractivity contribution in [3.8, 4) is 0 Å². The van der Waals surface area contributed by atoms with Crippen LogP contribution in [0.3, 0.4) is 0 Å². The van der Waals surface area contributed by atoms with Gasteiger partial charge in [0.05, 0.1) is 17.9 Å². The summed E-state index contributed by atoms with van der Waals surface area (Å²) in [6.45, 7) is 3.20. The maximum absolute atomic E-state index is 12.4. The largest absolute Gasteiger partial charge is 0.388 e. The molecule has 2 aliphatic heterocycles. The predicted octanol–water partition coefficient (Wildman–Crippen LogP) is -1.05. The van der Waals surface area contributed by atoms with E-state index >= 15 is 0 Å². The van der Waals surface area contributed by atoms with Crippen LogP contribution in [-0.4, -0.2) is 71.5 Å². The van der Waals surface area contributed by atoms with Crippen LogP contribution in [-0.2, 0) is 14.4 Å². The molecule has 7 nitrogen and oxygen atoms in total. The number of likely N-dealkylation sites (tertiary alicyclic amines) is 2. The summed E-state index contributed by atoms with van der Waals surface area (Å²) in [4.78, 5) is 38.2. The van der Waals surface area contributed by atoms with E-state index in [1.54, 1.807) is 9.80 Å². The first-order valence-corrected chi connectivity index (χ1v) is 7.32. The van der Waals surface area contributed by atoms with E-state index in [1.165, 1.54) is 14.0 Å². The average Bonchev–Trinajstić information content (AvgIpc) is 2.35. The van der Waals surface area contributed by atoms with Gasteiger partial charge in [-0.1, -0.05) is 0 Å². The monoisotopic (exact) mass is 297 g/mol. The number of carbonyl (C=O) groups excluding carboxylic acids is 3. The van der Waals surface area contributed by atoms with Gasteiger partial charge >= 0.3 is 0 Å². The molecule has 1 unspecified atom stereocenters. The highest BCUT2D eigenvalue weighted by Crippen LogP contribution is 2.27. The molecule has 1 atom stereocenters. The molecule has 118 valence electrons. The fourth-order valence-corrected chi connectivity index (χ4v) is 2.98. The van der Waals surface area contributed by atoms with Crippen LogP contribution in [0, 0.1) is 5.92 Å². The zero-order chi connectivity index (χ0) is 15.6. The van der Waals surface area contributed by atoms with Crippen LogP contribution in [0.5, 0.6) is 0 Å². The molecular weight excluding hydrogens is 274 g/mol. The van der Waals surface area contributed by atoms with Gasteiger partial charge in [0.1, 0.15) is 0 Å². The fraction of sp³-hybridized carbons (Fsp3) is 0.786. The summed E-state index contributed by atoms with van der Waals surface area (Å²) >= 11 is 0. The number of amides is 3. The zero-order valence-electron chi connectivity index (χ0n) is 12.6. The Bertz CT molecular complexity index is 448. The number of carbonyl (C=O) groups is 3. The van der Waals surface area contributed by atoms with Crippen molar-refractivity contribution < 1.29 is 19.5 Å². The Morgan fingerprint density at radius 3 is 2.52 bits per heavy atom. The first-order chi connectivity index (χ1) is 9.84. The van der Waals surface area contributed by atoms with Crippen LogP contribution in [0.25, 0.3) is 0 Å². The van der Waals surface area contributed by atoms with E-state index in [-0.39, 0.29) is 36.6 Å². The minimum absolute atomic E-state index is 0.0114. The van der Waals surface area contributed by atoms with E-state index in [9.17, 15) is 19.5 Å². The smallest absolute Gasteiger partial charge is 0.229 e. The molecule has 0 aromatic heterocycles.